The van der Waals surface area contributed by atoms with Gasteiger partial charge in [-0.05, 0) is 37.5 Å². The van der Waals surface area contributed by atoms with E-state index >= 15 is 0 Å². The predicted octanol–water partition coefficient (Wildman–Crippen LogP) is 1.77. The molecule has 14 nitrogen and oxygen atoms in total. The highest BCUT2D eigenvalue weighted by atomic mass is 19.3. The summed E-state index contributed by atoms with van der Waals surface area (Å²) in [7, 11) is 2.78. The van der Waals surface area contributed by atoms with E-state index in [1.807, 2.05) is 0 Å². The molecule has 0 saturated heterocycles. The fraction of sp³-hybridized carbons (Fsp3) is 0.607. The Labute approximate surface area is 257 Å². The normalized spacial score (nSPS) is 17.5. The Balaban J connectivity index is 0.000000181. The number of aryl methyl sites for hydroxylation is 1. The molecule has 0 amide bonds. The molecule has 46 heavy (non-hydrogen) atoms. The first-order valence-corrected chi connectivity index (χ1v) is 14.9. The van der Waals surface area contributed by atoms with Crippen molar-refractivity contribution < 1.29 is 27.2 Å². The maximum absolute atomic E-state index is 13.0. The zero-order chi connectivity index (χ0) is 33.4. The van der Waals surface area contributed by atoms with Crippen LogP contribution in [0.3, 0.4) is 0 Å². The van der Waals surface area contributed by atoms with Crippen molar-refractivity contribution in [1.82, 2.24) is 27.8 Å². The Morgan fingerprint density at radius 1 is 0.761 bits per heavy atom. The van der Waals surface area contributed by atoms with Crippen LogP contribution in [0.5, 0.6) is 0 Å². The van der Waals surface area contributed by atoms with E-state index in [0.29, 0.717) is 60.8 Å². The summed E-state index contributed by atoms with van der Waals surface area (Å²) in [6.45, 7) is -5.58. The molecule has 0 unspecified atom stereocenters. The number of ketones is 2. The largest absolute Gasteiger partial charge is 0.360 e. The molecule has 0 aromatic carbocycles. The first-order valence-electron chi connectivity index (χ1n) is 14.9. The number of Topliss-reactive ketones (excluding diaryl/α,β-unsaturated/α-hetero) is 2. The van der Waals surface area contributed by atoms with E-state index < -0.39 is 35.6 Å². The number of fused-ring (bicyclic) bond motifs is 2. The van der Waals surface area contributed by atoms with Gasteiger partial charge in [-0.2, -0.15) is 17.6 Å². The Hall–Kier alpha value is -4.51. The van der Waals surface area contributed by atoms with E-state index in [-0.39, 0.29) is 65.8 Å². The quantitative estimate of drug-likeness (QED) is 0.309. The van der Waals surface area contributed by atoms with Gasteiger partial charge in [0.15, 0.2) is 11.2 Å². The van der Waals surface area contributed by atoms with Gasteiger partial charge in [0.25, 0.3) is 11.1 Å². The first kappa shape index (κ1) is 32.9. The first-order chi connectivity index (χ1) is 21.8. The fourth-order valence-electron chi connectivity index (χ4n) is 6.29. The molecule has 250 valence electrons. The number of rotatable bonds is 6. The van der Waals surface area contributed by atoms with Crippen LogP contribution in [-0.4, -0.2) is 52.6 Å². The molecule has 18 heteroatoms. The van der Waals surface area contributed by atoms with Gasteiger partial charge in [-0.3, -0.25) is 46.9 Å². The summed E-state index contributed by atoms with van der Waals surface area (Å²) in [4.78, 5) is 76.8. The lowest BCUT2D eigenvalue weighted by Gasteiger charge is -2.23. The number of imidazole rings is 1. The molecule has 0 radical (unpaired) electrons. The topological polar surface area (TPSA) is 155 Å². The lowest BCUT2D eigenvalue weighted by molar-refractivity contribution is -0.121. The summed E-state index contributed by atoms with van der Waals surface area (Å²) in [6.07, 6.45) is 5.11. The van der Waals surface area contributed by atoms with Gasteiger partial charge < -0.3 is 5.32 Å². The van der Waals surface area contributed by atoms with Gasteiger partial charge in [-0.15, -0.1) is 0 Å². The second-order valence-electron chi connectivity index (χ2n) is 11.9. The third-order valence-corrected chi connectivity index (χ3v) is 8.93. The number of halogens is 4. The molecular weight excluding hydrogens is 620 g/mol. The third kappa shape index (κ3) is 6.16. The molecular formula is C28H34F4N8O6. The zero-order valence-corrected chi connectivity index (χ0v) is 25.3. The lowest BCUT2D eigenvalue weighted by atomic mass is 9.88. The average Bonchev–Trinajstić information content (AvgIpc) is 3.68. The number of nitrogens with one attached hydrogen (secondary N) is 1. The van der Waals surface area contributed by atoms with Crippen molar-refractivity contribution in [2.24, 2.45) is 25.9 Å². The van der Waals surface area contributed by atoms with Crippen molar-refractivity contribution in [3.8, 4) is 0 Å². The molecule has 0 spiro atoms. The standard InChI is InChI=1S/C14H16F2N4O3.C14H18F2N4O3/c1-18-11-10(20(7-17-11)13(15)16)12(22)19(14(18)23)6-8-2-4-9(21)5-3-8;1-18-11-10(17-7-20(11)13(15)16)12(22)19(14(18)23)6-8-2-4-9(21)5-3-8/h7-8,13H,2-6H2,1H3;8,13,17H,2-7H2,1H3. The highest BCUT2D eigenvalue weighted by Crippen LogP contribution is 2.29. The second-order valence-corrected chi connectivity index (χ2v) is 11.9. The number of anilines is 2. The molecule has 3 aliphatic rings. The highest BCUT2D eigenvalue weighted by Gasteiger charge is 2.33. The van der Waals surface area contributed by atoms with E-state index in [2.05, 4.69) is 10.3 Å². The minimum Gasteiger partial charge on any atom is -0.360 e. The summed E-state index contributed by atoms with van der Waals surface area (Å²) in [5.74, 6) is 0.379. The van der Waals surface area contributed by atoms with Crippen molar-refractivity contribution in [2.75, 3.05) is 16.9 Å². The van der Waals surface area contributed by atoms with Crippen LogP contribution in [-0.2, 0) is 36.8 Å². The van der Waals surface area contributed by atoms with Crippen molar-refractivity contribution >= 4 is 34.2 Å². The summed E-state index contributed by atoms with van der Waals surface area (Å²) < 4.78 is 56.8. The van der Waals surface area contributed by atoms with Gasteiger partial charge in [0.05, 0.1) is 6.67 Å². The van der Waals surface area contributed by atoms with Crippen molar-refractivity contribution in [1.29, 1.82) is 0 Å². The van der Waals surface area contributed by atoms with Crippen molar-refractivity contribution in [3.63, 3.8) is 0 Å². The molecule has 1 N–H and O–H groups in total. The van der Waals surface area contributed by atoms with E-state index in [4.69, 9.17) is 0 Å². The van der Waals surface area contributed by atoms with Crippen LogP contribution in [0.15, 0.2) is 25.5 Å². The van der Waals surface area contributed by atoms with Crippen molar-refractivity contribution in [3.05, 3.63) is 48.0 Å². The molecule has 2 saturated carbocycles. The Morgan fingerprint density at radius 2 is 1.26 bits per heavy atom. The van der Waals surface area contributed by atoms with Crippen LogP contribution in [0, 0.1) is 11.8 Å². The van der Waals surface area contributed by atoms with Crippen molar-refractivity contribution in [2.45, 2.75) is 77.6 Å². The van der Waals surface area contributed by atoms with Gasteiger partial charge in [0, 0.05) is 52.9 Å². The highest BCUT2D eigenvalue weighted by molar-refractivity contribution is 5.79. The molecule has 3 aromatic rings. The number of aromatic nitrogens is 6. The molecule has 6 rings (SSSR count). The van der Waals surface area contributed by atoms with Crippen LogP contribution in [0.1, 0.15) is 57.9 Å². The van der Waals surface area contributed by atoms with E-state index in [1.165, 1.54) is 14.1 Å². The SMILES string of the molecule is Cn1c(=O)n(CC2CCC(=O)CC2)c(=O)c2c1ncn2C(F)F.Cn1c2c(c(=O)n(CC3CCC(=O)CC3)c1=O)NCN2C(F)F. The van der Waals surface area contributed by atoms with Crippen LogP contribution in [0.25, 0.3) is 11.2 Å². The Bertz CT molecular complexity index is 1890. The van der Waals surface area contributed by atoms with Gasteiger partial charge in [-0.25, -0.2) is 14.6 Å². The van der Waals surface area contributed by atoms with Crippen LogP contribution in [0.4, 0.5) is 29.1 Å². The molecule has 4 heterocycles. The molecule has 3 aromatic heterocycles. The number of nitrogens with zero attached hydrogens (tertiary/aromatic N) is 7. The number of hydrogen-bond donors (Lipinski definition) is 1. The zero-order valence-electron chi connectivity index (χ0n) is 25.3. The van der Waals surface area contributed by atoms with Gasteiger partial charge in [-0.1, -0.05) is 0 Å². The summed E-state index contributed by atoms with van der Waals surface area (Å²) in [6, 6.07) is 0. The molecule has 2 fully saturated rings. The number of alkyl halides is 4. The Kier molecular flexibility index (Phi) is 9.34. The lowest BCUT2D eigenvalue weighted by Crippen LogP contribution is -2.42. The summed E-state index contributed by atoms with van der Waals surface area (Å²) >= 11 is 0. The van der Waals surface area contributed by atoms with E-state index in [1.54, 1.807) is 0 Å². The fourth-order valence-corrected chi connectivity index (χ4v) is 6.29. The number of hydrogen-bond acceptors (Lipinski definition) is 9. The minimum absolute atomic E-state index is 0.0125. The average molecular weight is 655 g/mol. The van der Waals surface area contributed by atoms with E-state index in [0.717, 1.165) is 24.6 Å². The number of carbonyl (C=O) groups excluding carboxylic acids is 2. The maximum Gasteiger partial charge on any atom is 0.332 e. The molecule has 1 aliphatic heterocycles. The smallest absolute Gasteiger partial charge is 0.332 e. The number of carbonyl (C=O) groups is 2. The van der Waals surface area contributed by atoms with Crippen LogP contribution in [0.2, 0.25) is 0 Å². The van der Waals surface area contributed by atoms with Crippen LogP contribution < -0.4 is 32.7 Å². The summed E-state index contributed by atoms with van der Waals surface area (Å²) in [5, 5.41) is 2.65. The third-order valence-electron chi connectivity index (χ3n) is 8.93. The molecule has 0 bridgehead atoms. The Morgan fingerprint density at radius 3 is 1.76 bits per heavy atom. The second kappa shape index (κ2) is 13.1. The van der Waals surface area contributed by atoms with Gasteiger partial charge >= 0.3 is 24.5 Å². The maximum atomic E-state index is 13.0. The molecule has 0 atom stereocenters. The van der Waals surface area contributed by atoms with E-state index in [9.17, 15) is 46.3 Å². The monoisotopic (exact) mass is 654 g/mol. The summed E-state index contributed by atoms with van der Waals surface area (Å²) in [5.41, 5.74) is -2.86. The van der Waals surface area contributed by atoms with Gasteiger partial charge in [0.1, 0.15) is 29.4 Å². The predicted molar refractivity (Wildman–Crippen MR) is 157 cm³/mol. The minimum atomic E-state index is -2.91. The van der Waals surface area contributed by atoms with Gasteiger partial charge in [0.2, 0.25) is 0 Å². The molecule has 2 aliphatic carbocycles. The van der Waals surface area contributed by atoms with Crippen LogP contribution >= 0.6 is 0 Å².